The zero-order valence-electron chi connectivity index (χ0n) is 10.9. The molecule has 0 aliphatic rings. The van der Waals surface area contributed by atoms with Gasteiger partial charge < -0.3 is 9.47 Å². The van der Waals surface area contributed by atoms with Crippen molar-refractivity contribution in [1.29, 1.82) is 0 Å². The fourth-order valence-electron chi connectivity index (χ4n) is 2.56. The molecular formula is C15H12O4. The van der Waals surface area contributed by atoms with E-state index in [1.807, 2.05) is 19.1 Å². The number of benzene rings is 2. The largest absolute Gasteiger partial charge is 0.493 e. The van der Waals surface area contributed by atoms with Gasteiger partial charge >= 0.3 is 0 Å². The van der Waals surface area contributed by atoms with Crippen LogP contribution in [0.2, 0.25) is 0 Å². The predicted molar refractivity (Wildman–Crippen MR) is 74.2 cm³/mol. The van der Waals surface area contributed by atoms with Crippen LogP contribution in [0.15, 0.2) is 27.8 Å². The highest BCUT2D eigenvalue weighted by Crippen LogP contribution is 2.35. The summed E-state index contributed by atoms with van der Waals surface area (Å²) in [5.74, 6) is 1.15. The lowest BCUT2D eigenvalue weighted by Gasteiger charge is -2.12. The highest BCUT2D eigenvalue weighted by molar-refractivity contribution is 6.12. The monoisotopic (exact) mass is 256 g/mol. The molecule has 4 heteroatoms. The number of ether oxygens (including phenoxy) is 2. The van der Waals surface area contributed by atoms with Crippen LogP contribution in [0.25, 0.3) is 21.5 Å². The van der Waals surface area contributed by atoms with Crippen LogP contribution in [0.5, 0.6) is 11.5 Å². The van der Waals surface area contributed by atoms with Crippen LogP contribution in [-0.2, 0) is 0 Å². The van der Waals surface area contributed by atoms with Crippen LogP contribution in [0.4, 0.5) is 0 Å². The van der Waals surface area contributed by atoms with Crippen LogP contribution in [-0.4, -0.2) is 14.2 Å². The zero-order chi connectivity index (χ0) is 13.7. The Morgan fingerprint density at radius 2 is 1.42 bits per heavy atom. The molecule has 4 nitrogen and oxygen atoms in total. The van der Waals surface area contributed by atoms with Crippen LogP contribution in [0, 0.1) is 6.92 Å². The Kier molecular flexibility index (Phi) is 2.35. The molecule has 0 unspecified atom stereocenters. The molecule has 0 aromatic heterocycles. The minimum atomic E-state index is -0.420. The van der Waals surface area contributed by atoms with Crippen LogP contribution < -0.4 is 20.3 Å². The average Bonchev–Trinajstić information content (AvgIpc) is 2.43. The van der Waals surface area contributed by atoms with Gasteiger partial charge in [-0.25, -0.2) is 0 Å². The molecule has 0 spiro atoms. The molecule has 0 bridgehead atoms. The molecule has 3 aromatic carbocycles. The molecule has 96 valence electrons. The molecule has 0 heterocycles. The van der Waals surface area contributed by atoms with Crippen LogP contribution in [0.3, 0.4) is 0 Å². The van der Waals surface area contributed by atoms with Gasteiger partial charge in [0.05, 0.1) is 14.2 Å². The third kappa shape index (κ3) is 1.40. The first kappa shape index (κ1) is 11.7. The Morgan fingerprint density at radius 1 is 0.842 bits per heavy atom. The second-order valence-electron chi connectivity index (χ2n) is 4.53. The zero-order valence-corrected chi connectivity index (χ0v) is 10.9. The van der Waals surface area contributed by atoms with Gasteiger partial charge in [0.2, 0.25) is 10.9 Å². The molecule has 3 aromatic rings. The molecule has 0 aliphatic heterocycles. The van der Waals surface area contributed by atoms with Gasteiger partial charge in [0.1, 0.15) is 0 Å². The Labute approximate surface area is 108 Å². The van der Waals surface area contributed by atoms with E-state index in [1.54, 1.807) is 13.2 Å². The number of rotatable bonds is 2. The smallest absolute Gasteiger partial charge is 0.234 e. The Morgan fingerprint density at radius 3 is 2.05 bits per heavy atom. The van der Waals surface area contributed by atoms with Gasteiger partial charge in [-0.05, 0) is 35.4 Å². The molecule has 0 fully saturated rings. The quantitative estimate of drug-likeness (QED) is 0.657. The van der Waals surface area contributed by atoms with E-state index in [-0.39, 0.29) is 0 Å². The number of hydrogen-bond donors (Lipinski definition) is 0. The number of methoxy groups -OCH3 is 2. The van der Waals surface area contributed by atoms with E-state index < -0.39 is 10.9 Å². The molecule has 0 radical (unpaired) electrons. The molecule has 0 saturated carbocycles. The molecule has 0 N–H and O–H groups in total. The second-order valence-corrected chi connectivity index (χ2v) is 4.53. The van der Waals surface area contributed by atoms with Crippen molar-refractivity contribution in [2.75, 3.05) is 14.2 Å². The molecule has 0 atom stereocenters. The molecule has 0 saturated heterocycles. The molecule has 19 heavy (non-hydrogen) atoms. The Balaban J connectivity index is 2.52. The summed E-state index contributed by atoms with van der Waals surface area (Å²) in [6, 6.07) is 5.45. The van der Waals surface area contributed by atoms with Crippen molar-refractivity contribution in [2.24, 2.45) is 0 Å². The van der Waals surface area contributed by atoms with Gasteiger partial charge in [-0.15, -0.1) is 0 Å². The topological polar surface area (TPSA) is 52.6 Å². The summed E-state index contributed by atoms with van der Waals surface area (Å²) in [6.45, 7) is 1.83. The lowest BCUT2D eigenvalue weighted by Crippen LogP contribution is -2.31. The molecule has 3 rings (SSSR count). The molecular weight excluding hydrogens is 244 g/mol. The van der Waals surface area contributed by atoms with E-state index in [1.165, 1.54) is 7.11 Å². The Bertz CT molecular complexity index is 883. The standard InChI is InChI=1S/C15H12O4/c1-7-4-8-5-10(18-2)11(19-3)6-9(8)13-12(7)14(16)15(13)17/h4-6H,1-3H3. The second kappa shape index (κ2) is 3.82. The van der Waals surface area contributed by atoms with Crippen molar-refractivity contribution in [3.8, 4) is 11.5 Å². The average molecular weight is 256 g/mol. The fraction of sp³-hybridized carbons (Fsp3) is 0.200. The highest BCUT2D eigenvalue weighted by atomic mass is 16.5. The van der Waals surface area contributed by atoms with Crippen molar-refractivity contribution in [2.45, 2.75) is 6.92 Å². The number of fused-ring (bicyclic) bond motifs is 3. The summed E-state index contributed by atoms with van der Waals surface area (Å²) in [4.78, 5) is 23.3. The van der Waals surface area contributed by atoms with Crippen molar-refractivity contribution < 1.29 is 9.47 Å². The minimum absolute atomic E-state index is 0.399. The van der Waals surface area contributed by atoms with E-state index >= 15 is 0 Å². The van der Waals surface area contributed by atoms with Gasteiger partial charge in [-0.2, -0.15) is 0 Å². The van der Waals surface area contributed by atoms with Crippen LogP contribution >= 0.6 is 0 Å². The normalized spacial score (nSPS) is 11.3. The minimum Gasteiger partial charge on any atom is -0.493 e. The maximum atomic E-state index is 11.8. The summed E-state index contributed by atoms with van der Waals surface area (Å²) < 4.78 is 10.5. The van der Waals surface area contributed by atoms with Gasteiger partial charge in [0.15, 0.2) is 11.5 Å². The van der Waals surface area contributed by atoms with Crippen molar-refractivity contribution in [1.82, 2.24) is 0 Å². The van der Waals surface area contributed by atoms with Crippen molar-refractivity contribution in [3.63, 3.8) is 0 Å². The van der Waals surface area contributed by atoms with E-state index in [0.29, 0.717) is 22.3 Å². The summed E-state index contributed by atoms with van der Waals surface area (Å²) in [5, 5.41) is 2.64. The van der Waals surface area contributed by atoms with Gasteiger partial charge in [-0.3, -0.25) is 9.59 Å². The van der Waals surface area contributed by atoms with Crippen molar-refractivity contribution >= 4 is 21.5 Å². The lowest BCUT2D eigenvalue weighted by molar-refractivity contribution is 0.356. The highest BCUT2D eigenvalue weighted by Gasteiger charge is 2.19. The van der Waals surface area contributed by atoms with Crippen LogP contribution in [0.1, 0.15) is 5.56 Å². The maximum Gasteiger partial charge on any atom is 0.234 e. The summed E-state index contributed by atoms with van der Waals surface area (Å²) in [5.41, 5.74) is -0.000533. The first-order valence-electron chi connectivity index (χ1n) is 5.87. The first-order chi connectivity index (χ1) is 9.08. The molecule has 0 amide bonds. The van der Waals surface area contributed by atoms with E-state index in [2.05, 4.69) is 0 Å². The molecule has 0 aliphatic carbocycles. The lowest BCUT2D eigenvalue weighted by atomic mass is 9.93. The SMILES string of the molecule is COc1cc2cc(C)c3c(=O)c(=O)c3c2cc1OC. The van der Waals surface area contributed by atoms with E-state index in [0.717, 1.165) is 16.3 Å². The van der Waals surface area contributed by atoms with Gasteiger partial charge in [0.25, 0.3) is 0 Å². The van der Waals surface area contributed by atoms with E-state index in [4.69, 9.17) is 9.47 Å². The number of aryl methyl sites for hydroxylation is 1. The Hall–Kier alpha value is -2.36. The summed E-state index contributed by atoms with van der Waals surface area (Å²) >= 11 is 0. The first-order valence-corrected chi connectivity index (χ1v) is 5.87. The maximum absolute atomic E-state index is 11.8. The van der Waals surface area contributed by atoms with E-state index in [9.17, 15) is 9.59 Å². The number of hydrogen-bond acceptors (Lipinski definition) is 4. The summed E-state index contributed by atoms with van der Waals surface area (Å²) in [7, 11) is 3.10. The van der Waals surface area contributed by atoms with Crippen molar-refractivity contribution in [3.05, 3.63) is 44.2 Å². The van der Waals surface area contributed by atoms with Gasteiger partial charge in [-0.1, -0.05) is 6.07 Å². The summed E-state index contributed by atoms with van der Waals surface area (Å²) in [6.07, 6.45) is 0. The third-order valence-electron chi connectivity index (χ3n) is 3.50. The van der Waals surface area contributed by atoms with Gasteiger partial charge in [0, 0.05) is 10.8 Å². The third-order valence-corrected chi connectivity index (χ3v) is 3.50. The fourth-order valence-corrected chi connectivity index (χ4v) is 2.56. The predicted octanol–water partition coefficient (Wildman–Crippen LogP) is 1.91.